The summed E-state index contributed by atoms with van der Waals surface area (Å²) in [7, 11) is 1.83. The zero-order valence-electron chi connectivity index (χ0n) is 15.0. The predicted molar refractivity (Wildman–Crippen MR) is 96.3 cm³/mol. The van der Waals surface area contributed by atoms with Gasteiger partial charge in [-0.1, -0.05) is 31.0 Å². The average Bonchev–Trinajstić information content (AvgIpc) is 3.17. The number of amides is 2. The van der Waals surface area contributed by atoms with Crippen LogP contribution in [0.3, 0.4) is 0 Å². The second-order valence-electron chi connectivity index (χ2n) is 7.14. The van der Waals surface area contributed by atoms with E-state index >= 15 is 0 Å². The summed E-state index contributed by atoms with van der Waals surface area (Å²) in [5.41, 5.74) is 0. The molecule has 1 aromatic carbocycles. The molecule has 0 N–H and O–H groups in total. The molecule has 0 aromatic heterocycles. The van der Waals surface area contributed by atoms with Crippen molar-refractivity contribution in [3.63, 3.8) is 0 Å². The molecule has 2 fully saturated rings. The first-order chi connectivity index (χ1) is 12.1. The molecule has 1 aliphatic heterocycles. The van der Waals surface area contributed by atoms with Gasteiger partial charge in [-0.3, -0.25) is 9.59 Å². The van der Waals surface area contributed by atoms with E-state index in [-0.39, 0.29) is 17.7 Å². The van der Waals surface area contributed by atoms with Crippen molar-refractivity contribution in [2.24, 2.45) is 5.92 Å². The lowest BCUT2D eigenvalue weighted by Gasteiger charge is -2.37. The molecule has 2 aliphatic rings. The number of rotatable bonds is 6. The quantitative estimate of drug-likeness (QED) is 0.797. The highest BCUT2D eigenvalue weighted by Gasteiger charge is 2.36. The number of nitrogens with zero attached hydrogens (tertiary/aromatic N) is 2. The second kappa shape index (κ2) is 8.37. The van der Waals surface area contributed by atoms with Crippen molar-refractivity contribution < 1.29 is 14.3 Å². The Bertz CT molecular complexity index is 584. The Morgan fingerprint density at radius 2 is 1.92 bits per heavy atom. The van der Waals surface area contributed by atoms with E-state index in [1.165, 1.54) is 12.8 Å². The van der Waals surface area contributed by atoms with Crippen molar-refractivity contribution in [3.8, 4) is 5.75 Å². The van der Waals surface area contributed by atoms with Crippen molar-refractivity contribution in [3.05, 3.63) is 30.3 Å². The van der Waals surface area contributed by atoms with Gasteiger partial charge in [-0.05, 0) is 31.4 Å². The molecule has 25 heavy (non-hydrogen) atoms. The van der Waals surface area contributed by atoms with E-state index in [1.807, 2.05) is 42.3 Å². The number of para-hydroxylation sites is 1. The highest BCUT2D eigenvalue weighted by Crippen LogP contribution is 2.29. The maximum absolute atomic E-state index is 12.7. The van der Waals surface area contributed by atoms with E-state index in [1.54, 1.807) is 4.90 Å². The van der Waals surface area contributed by atoms with Crippen LogP contribution in [0.5, 0.6) is 5.75 Å². The molecule has 1 heterocycles. The van der Waals surface area contributed by atoms with Crippen LogP contribution < -0.4 is 4.74 Å². The molecule has 1 aliphatic carbocycles. The molecular formula is C20H28N2O3. The number of carbonyl (C=O) groups is 2. The van der Waals surface area contributed by atoms with Crippen LogP contribution in [0.15, 0.2) is 30.3 Å². The number of carbonyl (C=O) groups excluding carboxylic acids is 2. The van der Waals surface area contributed by atoms with Gasteiger partial charge in [-0.15, -0.1) is 0 Å². The Hall–Kier alpha value is -2.04. The number of hydrogen-bond donors (Lipinski definition) is 0. The minimum Gasteiger partial charge on any atom is -0.492 e. The second-order valence-corrected chi connectivity index (χ2v) is 7.14. The minimum absolute atomic E-state index is 0.0694. The van der Waals surface area contributed by atoms with Crippen LogP contribution in [0.1, 0.15) is 38.5 Å². The van der Waals surface area contributed by atoms with Gasteiger partial charge in [0.15, 0.2) is 0 Å². The van der Waals surface area contributed by atoms with Crippen molar-refractivity contribution in [2.75, 3.05) is 26.7 Å². The lowest BCUT2D eigenvalue weighted by Crippen LogP contribution is -2.49. The molecule has 0 spiro atoms. The number of likely N-dealkylation sites (N-methyl/N-ethyl adjacent to an activating group) is 1. The lowest BCUT2D eigenvalue weighted by molar-refractivity contribution is -0.144. The van der Waals surface area contributed by atoms with Crippen LogP contribution in [0, 0.1) is 5.92 Å². The molecule has 2 amide bonds. The predicted octanol–water partition coefficient (Wildman–Crippen LogP) is 2.71. The van der Waals surface area contributed by atoms with Gasteiger partial charge in [-0.25, -0.2) is 0 Å². The SMILES string of the molecule is CN(CCOc1ccccc1)C(=O)[C@@H]1CCC(=O)N(C2CCCC2)C1. The fourth-order valence-corrected chi connectivity index (χ4v) is 3.88. The van der Waals surface area contributed by atoms with Gasteiger partial charge in [0, 0.05) is 26.1 Å². The van der Waals surface area contributed by atoms with Crippen LogP contribution in [0.2, 0.25) is 0 Å². The number of hydrogen-bond acceptors (Lipinski definition) is 3. The van der Waals surface area contributed by atoms with Gasteiger partial charge in [0.1, 0.15) is 12.4 Å². The molecule has 0 unspecified atom stereocenters. The molecule has 5 heteroatoms. The smallest absolute Gasteiger partial charge is 0.227 e. The fraction of sp³-hybridized carbons (Fsp3) is 0.600. The Balaban J connectivity index is 1.48. The number of likely N-dealkylation sites (tertiary alicyclic amines) is 1. The van der Waals surface area contributed by atoms with Crippen molar-refractivity contribution in [1.29, 1.82) is 0 Å². The highest BCUT2D eigenvalue weighted by atomic mass is 16.5. The largest absolute Gasteiger partial charge is 0.492 e. The standard InChI is InChI=1S/C20H28N2O3/c1-21(13-14-25-18-9-3-2-4-10-18)20(24)16-11-12-19(23)22(15-16)17-7-5-6-8-17/h2-4,9-10,16-17H,5-8,11-15H2,1H3/t16-/m1/s1. The van der Waals surface area contributed by atoms with Crippen molar-refractivity contribution in [2.45, 2.75) is 44.6 Å². The third-order valence-electron chi connectivity index (χ3n) is 5.37. The summed E-state index contributed by atoms with van der Waals surface area (Å²) in [4.78, 5) is 28.7. The molecule has 1 atom stereocenters. The molecule has 5 nitrogen and oxygen atoms in total. The molecule has 1 saturated heterocycles. The number of ether oxygens (including phenoxy) is 1. The zero-order chi connectivity index (χ0) is 17.6. The zero-order valence-corrected chi connectivity index (χ0v) is 15.0. The molecule has 1 aromatic rings. The first-order valence-corrected chi connectivity index (χ1v) is 9.37. The normalized spacial score (nSPS) is 21.4. The van der Waals surface area contributed by atoms with E-state index in [9.17, 15) is 9.59 Å². The van der Waals surface area contributed by atoms with E-state index in [0.717, 1.165) is 18.6 Å². The fourth-order valence-electron chi connectivity index (χ4n) is 3.88. The molecule has 0 bridgehead atoms. The summed E-state index contributed by atoms with van der Waals surface area (Å²) in [6, 6.07) is 9.99. The summed E-state index contributed by atoms with van der Waals surface area (Å²) in [6.07, 6.45) is 5.75. The maximum atomic E-state index is 12.7. The van der Waals surface area contributed by atoms with E-state index < -0.39 is 0 Å². The molecular weight excluding hydrogens is 316 g/mol. The number of benzene rings is 1. The summed E-state index contributed by atoms with van der Waals surface area (Å²) in [5.74, 6) is 1.11. The first kappa shape index (κ1) is 17.8. The van der Waals surface area contributed by atoms with Crippen LogP contribution in [-0.2, 0) is 9.59 Å². The summed E-state index contributed by atoms with van der Waals surface area (Å²) in [6.45, 7) is 1.62. The first-order valence-electron chi connectivity index (χ1n) is 9.37. The van der Waals surface area contributed by atoms with Gasteiger partial charge >= 0.3 is 0 Å². The van der Waals surface area contributed by atoms with E-state index in [0.29, 0.717) is 38.6 Å². The van der Waals surface area contributed by atoms with Gasteiger partial charge in [0.2, 0.25) is 11.8 Å². The van der Waals surface area contributed by atoms with Crippen LogP contribution in [-0.4, -0.2) is 54.4 Å². The van der Waals surface area contributed by atoms with Crippen LogP contribution in [0.25, 0.3) is 0 Å². The van der Waals surface area contributed by atoms with E-state index in [4.69, 9.17) is 4.74 Å². The monoisotopic (exact) mass is 344 g/mol. The third kappa shape index (κ3) is 4.53. The third-order valence-corrected chi connectivity index (χ3v) is 5.37. The topological polar surface area (TPSA) is 49.9 Å². The minimum atomic E-state index is -0.0694. The average molecular weight is 344 g/mol. The Kier molecular flexibility index (Phi) is 5.95. The summed E-state index contributed by atoms with van der Waals surface area (Å²) < 4.78 is 5.68. The maximum Gasteiger partial charge on any atom is 0.227 e. The van der Waals surface area contributed by atoms with E-state index in [2.05, 4.69) is 0 Å². The van der Waals surface area contributed by atoms with Crippen molar-refractivity contribution in [1.82, 2.24) is 9.80 Å². The molecule has 136 valence electrons. The Morgan fingerprint density at radius 1 is 1.20 bits per heavy atom. The van der Waals surface area contributed by atoms with Gasteiger partial charge < -0.3 is 14.5 Å². The Labute approximate surface area is 149 Å². The number of piperidine rings is 1. The molecule has 1 saturated carbocycles. The Morgan fingerprint density at radius 3 is 2.64 bits per heavy atom. The van der Waals surface area contributed by atoms with Gasteiger partial charge in [0.25, 0.3) is 0 Å². The molecule has 0 radical (unpaired) electrons. The summed E-state index contributed by atoms with van der Waals surface area (Å²) in [5, 5.41) is 0. The van der Waals surface area contributed by atoms with Gasteiger partial charge in [0.05, 0.1) is 12.5 Å². The summed E-state index contributed by atoms with van der Waals surface area (Å²) >= 11 is 0. The van der Waals surface area contributed by atoms with Crippen molar-refractivity contribution >= 4 is 11.8 Å². The van der Waals surface area contributed by atoms with Crippen LogP contribution in [0.4, 0.5) is 0 Å². The molecule has 3 rings (SSSR count). The lowest BCUT2D eigenvalue weighted by atomic mass is 9.94. The van der Waals surface area contributed by atoms with Gasteiger partial charge in [-0.2, -0.15) is 0 Å². The van der Waals surface area contributed by atoms with Crippen LogP contribution >= 0.6 is 0 Å². The highest BCUT2D eigenvalue weighted by molar-refractivity contribution is 5.84.